The minimum atomic E-state index is 0.0444. The highest BCUT2D eigenvalue weighted by atomic mass is 16.5. The van der Waals surface area contributed by atoms with Crippen molar-refractivity contribution in [2.75, 3.05) is 33.4 Å². The Hall–Kier alpha value is -0.940. The normalized spacial score (nSPS) is 10.3. The Morgan fingerprint density at radius 3 is 2.44 bits per heavy atom. The van der Waals surface area contributed by atoms with Crippen LogP contribution in [-0.2, 0) is 14.3 Å². The maximum Gasteiger partial charge on any atom is 0.221 e. The number of carbonyl (C=O) groups excluding carboxylic acids is 2. The molecule has 0 rings (SSSR count). The third-order valence-electron chi connectivity index (χ3n) is 2.51. The Morgan fingerprint density at radius 1 is 1.00 bits per heavy atom. The highest BCUT2D eigenvalue weighted by Gasteiger charge is 2.00. The summed E-state index contributed by atoms with van der Waals surface area (Å²) in [5.41, 5.74) is 0. The molecule has 106 valence electrons. The second-order valence-corrected chi connectivity index (χ2v) is 4.36. The highest BCUT2D eigenvalue weighted by molar-refractivity contribution is 5.76. The van der Waals surface area contributed by atoms with Gasteiger partial charge in [-0.1, -0.05) is 0 Å². The molecule has 0 saturated heterocycles. The minimum Gasteiger partial charge on any atom is -0.385 e. The van der Waals surface area contributed by atoms with E-state index in [0.29, 0.717) is 25.9 Å². The van der Waals surface area contributed by atoms with Gasteiger partial charge in [0.2, 0.25) is 5.91 Å². The smallest absolute Gasteiger partial charge is 0.221 e. The van der Waals surface area contributed by atoms with Crippen molar-refractivity contribution in [1.82, 2.24) is 10.6 Å². The molecule has 18 heavy (non-hydrogen) atoms. The van der Waals surface area contributed by atoms with Crippen molar-refractivity contribution < 1.29 is 14.3 Å². The molecular weight excluding hydrogens is 232 g/mol. The Balaban J connectivity index is 3.19. The van der Waals surface area contributed by atoms with Crippen LogP contribution in [0.5, 0.6) is 0 Å². The predicted octanol–water partition coefficient (Wildman–Crippen LogP) is 0.878. The van der Waals surface area contributed by atoms with Crippen LogP contribution in [0.1, 0.15) is 39.0 Å². The van der Waals surface area contributed by atoms with E-state index in [2.05, 4.69) is 10.6 Å². The second kappa shape index (κ2) is 12.5. The summed E-state index contributed by atoms with van der Waals surface area (Å²) in [6.45, 7) is 4.56. The molecule has 0 aliphatic heterocycles. The Labute approximate surface area is 110 Å². The number of unbranched alkanes of at least 4 members (excludes halogenated alkanes) is 1. The van der Waals surface area contributed by atoms with Gasteiger partial charge in [0.25, 0.3) is 0 Å². The van der Waals surface area contributed by atoms with E-state index in [4.69, 9.17) is 4.74 Å². The molecule has 0 heterocycles. The van der Waals surface area contributed by atoms with Crippen molar-refractivity contribution in [2.24, 2.45) is 0 Å². The topological polar surface area (TPSA) is 67.4 Å². The molecular formula is C13H26N2O3. The molecule has 0 bridgehead atoms. The van der Waals surface area contributed by atoms with Crippen LogP contribution in [0.3, 0.4) is 0 Å². The van der Waals surface area contributed by atoms with E-state index < -0.39 is 0 Å². The summed E-state index contributed by atoms with van der Waals surface area (Å²) in [4.78, 5) is 22.0. The second-order valence-electron chi connectivity index (χ2n) is 4.36. The number of ether oxygens (including phenoxy) is 1. The number of hydrogen-bond acceptors (Lipinski definition) is 4. The number of amides is 1. The van der Waals surface area contributed by atoms with Crippen LogP contribution < -0.4 is 10.6 Å². The van der Waals surface area contributed by atoms with Crippen LogP contribution in [0.15, 0.2) is 0 Å². The van der Waals surface area contributed by atoms with E-state index in [-0.39, 0.29) is 11.7 Å². The molecule has 0 aliphatic rings. The molecule has 5 heteroatoms. The minimum absolute atomic E-state index is 0.0444. The lowest BCUT2D eigenvalue weighted by Crippen LogP contribution is -2.29. The van der Waals surface area contributed by atoms with Gasteiger partial charge >= 0.3 is 0 Å². The maximum absolute atomic E-state index is 11.4. The highest BCUT2D eigenvalue weighted by Crippen LogP contribution is 1.89. The standard InChI is InChI=1S/C13H26N2O3/c1-12(16)6-5-9-15-13(17)7-10-14-8-3-4-11-18-2/h14H,3-11H2,1-2H3,(H,15,17). The summed E-state index contributed by atoms with van der Waals surface area (Å²) >= 11 is 0. The first-order valence-corrected chi connectivity index (χ1v) is 6.62. The molecule has 0 unspecified atom stereocenters. The van der Waals surface area contributed by atoms with E-state index in [1.807, 2.05) is 0 Å². The largest absolute Gasteiger partial charge is 0.385 e. The average Bonchev–Trinajstić information content (AvgIpc) is 2.33. The SMILES string of the molecule is COCCCCNCCC(=O)NCCCC(C)=O. The molecule has 5 nitrogen and oxygen atoms in total. The van der Waals surface area contributed by atoms with Gasteiger partial charge in [-0.05, 0) is 32.7 Å². The van der Waals surface area contributed by atoms with E-state index in [0.717, 1.165) is 32.4 Å². The predicted molar refractivity (Wildman–Crippen MR) is 71.5 cm³/mol. The van der Waals surface area contributed by atoms with Crippen LogP contribution >= 0.6 is 0 Å². The molecule has 0 fully saturated rings. The molecule has 0 spiro atoms. The lowest BCUT2D eigenvalue weighted by atomic mass is 10.2. The third kappa shape index (κ3) is 13.1. The summed E-state index contributed by atoms with van der Waals surface area (Å²) < 4.78 is 4.94. The van der Waals surface area contributed by atoms with Crippen molar-refractivity contribution >= 4 is 11.7 Å². The fraction of sp³-hybridized carbons (Fsp3) is 0.846. The van der Waals surface area contributed by atoms with E-state index >= 15 is 0 Å². The van der Waals surface area contributed by atoms with Gasteiger partial charge in [-0.2, -0.15) is 0 Å². The Morgan fingerprint density at radius 2 is 1.78 bits per heavy atom. The monoisotopic (exact) mass is 258 g/mol. The number of Topliss-reactive ketones (excluding diaryl/α,β-unsaturated/α-hetero) is 1. The molecule has 2 N–H and O–H groups in total. The number of carbonyl (C=O) groups is 2. The quantitative estimate of drug-likeness (QED) is 0.510. The van der Waals surface area contributed by atoms with E-state index in [1.165, 1.54) is 0 Å². The number of methoxy groups -OCH3 is 1. The summed E-state index contributed by atoms with van der Waals surface area (Å²) in [6.07, 6.45) is 3.86. The van der Waals surface area contributed by atoms with Crippen LogP contribution in [0.2, 0.25) is 0 Å². The molecule has 0 aromatic carbocycles. The van der Waals surface area contributed by atoms with Crippen molar-refractivity contribution in [3.63, 3.8) is 0 Å². The van der Waals surface area contributed by atoms with Crippen LogP contribution in [0.4, 0.5) is 0 Å². The molecule has 0 aromatic heterocycles. The van der Waals surface area contributed by atoms with Crippen LogP contribution in [-0.4, -0.2) is 45.0 Å². The Kier molecular flexibility index (Phi) is 11.9. The first kappa shape index (κ1) is 17.1. The maximum atomic E-state index is 11.4. The van der Waals surface area contributed by atoms with Gasteiger partial charge in [-0.25, -0.2) is 0 Å². The lowest BCUT2D eigenvalue weighted by molar-refractivity contribution is -0.121. The summed E-state index contributed by atoms with van der Waals surface area (Å²) in [5, 5.41) is 6.01. The van der Waals surface area contributed by atoms with Crippen LogP contribution in [0, 0.1) is 0 Å². The van der Waals surface area contributed by atoms with Crippen LogP contribution in [0.25, 0.3) is 0 Å². The first-order chi connectivity index (χ1) is 8.66. The Bertz CT molecular complexity index is 232. The van der Waals surface area contributed by atoms with Gasteiger partial charge in [0.15, 0.2) is 0 Å². The number of ketones is 1. The molecule has 0 aliphatic carbocycles. The van der Waals surface area contributed by atoms with Gasteiger partial charge in [0, 0.05) is 39.6 Å². The average molecular weight is 258 g/mol. The molecule has 0 aromatic rings. The fourth-order valence-corrected chi connectivity index (χ4v) is 1.48. The van der Waals surface area contributed by atoms with E-state index in [9.17, 15) is 9.59 Å². The van der Waals surface area contributed by atoms with E-state index in [1.54, 1.807) is 14.0 Å². The van der Waals surface area contributed by atoms with Gasteiger partial charge in [0.1, 0.15) is 5.78 Å². The van der Waals surface area contributed by atoms with Crippen molar-refractivity contribution in [1.29, 1.82) is 0 Å². The number of rotatable bonds is 12. The zero-order chi connectivity index (χ0) is 13.6. The van der Waals surface area contributed by atoms with Crippen molar-refractivity contribution in [3.8, 4) is 0 Å². The van der Waals surface area contributed by atoms with Gasteiger partial charge in [0.05, 0.1) is 0 Å². The summed E-state index contributed by atoms with van der Waals surface area (Å²) in [6, 6.07) is 0. The lowest BCUT2D eigenvalue weighted by Gasteiger charge is -2.06. The molecule has 0 saturated carbocycles. The van der Waals surface area contributed by atoms with Gasteiger partial charge in [-0.3, -0.25) is 4.79 Å². The van der Waals surface area contributed by atoms with Gasteiger partial charge < -0.3 is 20.2 Å². The zero-order valence-corrected chi connectivity index (χ0v) is 11.6. The van der Waals surface area contributed by atoms with Crippen molar-refractivity contribution in [3.05, 3.63) is 0 Å². The molecule has 0 radical (unpaired) electrons. The van der Waals surface area contributed by atoms with Gasteiger partial charge in [-0.15, -0.1) is 0 Å². The molecule has 0 atom stereocenters. The number of nitrogens with one attached hydrogen (secondary N) is 2. The van der Waals surface area contributed by atoms with Crippen molar-refractivity contribution in [2.45, 2.75) is 39.0 Å². The zero-order valence-electron chi connectivity index (χ0n) is 11.6. The molecule has 1 amide bonds. The summed E-state index contributed by atoms with van der Waals surface area (Å²) in [5.74, 6) is 0.213. The first-order valence-electron chi connectivity index (χ1n) is 6.62. The summed E-state index contributed by atoms with van der Waals surface area (Å²) in [7, 11) is 1.70. The fourth-order valence-electron chi connectivity index (χ4n) is 1.48. The third-order valence-corrected chi connectivity index (χ3v) is 2.51. The number of hydrogen-bond donors (Lipinski definition) is 2.